The summed E-state index contributed by atoms with van der Waals surface area (Å²) in [4.78, 5) is 0. The summed E-state index contributed by atoms with van der Waals surface area (Å²) < 4.78 is 33.9. The van der Waals surface area contributed by atoms with Crippen LogP contribution < -0.4 is 10.1 Å². The van der Waals surface area contributed by atoms with E-state index in [2.05, 4.69) is 15.2 Å². The number of hydrogen-bond donors (Lipinski definition) is 1. The first-order valence-electron chi connectivity index (χ1n) is 6.29. The highest BCUT2D eigenvalue weighted by Gasteiger charge is 2.10. The molecule has 0 aliphatic carbocycles. The van der Waals surface area contributed by atoms with Gasteiger partial charge in [0.25, 0.3) is 0 Å². The fourth-order valence-corrected chi connectivity index (χ4v) is 1.67. The van der Waals surface area contributed by atoms with Crippen LogP contribution in [0.2, 0.25) is 0 Å². The van der Waals surface area contributed by atoms with Crippen molar-refractivity contribution in [3.05, 3.63) is 36.0 Å². The zero-order valence-corrected chi connectivity index (χ0v) is 11.3. The van der Waals surface area contributed by atoms with E-state index in [0.717, 1.165) is 5.69 Å². The maximum atomic E-state index is 12.2. The summed E-state index contributed by atoms with van der Waals surface area (Å²) in [5.74, 6) is 0.612. The Bertz CT molecular complexity index is 556. The van der Waals surface area contributed by atoms with Crippen LogP contribution in [0.3, 0.4) is 0 Å². The van der Waals surface area contributed by atoms with Crippen LogP contribution in [-0.2, 0) is 6.54 Å². The molecule has 2 rings (SSSR count). The lowest BCUT2D eigenvalue weighted by Crippen LogP contribution is -2.21. The average Bonchev–Trinajstić information content (AvgIpc) is 2.84. The van der Waals surface area contributed by atoms with E-state index in [9.17, 15) is 8.78 Å². The van der Waals surface area contributed by atoms with E-state index >= 15 is 0 Å². The Balaban J connectivity index is 2.11. The Labute approximate surface area is 115 Å². The van der Waals surface area contributed by atoms with Crippen molar-refractivity contribution in [2.75, 3.05) is 0 Å². The summed E-state index contributed by atoms with van der Waals surface area (Å²) >= 11 is 0. The van der Waals surface area contributed by atoms with Gasteiger partial charge in [-0.2, -0.15) is 8.78 Å². The molecular weight excluding hydrogens is 266 g/mol. The van der Waals surface area contributed by atoms with Gasteiger partial charge in [-0.15, -0.1) is 0 Å². The van der Waals surface area contributed by atoms with Gasteiger partial charge in [0.2, 0.25) is 0 Å². The van der Waals surface area contributed by atoms with Crippen LogP contribution >= 0.6 is 0 Å². The summed E-state index contributed by atoms with van der Waals surface area (Å²) in [6, 6.07) is 8.45. The van der Waals surface area contributed by atoms with E-state index < -0.39 is 6.61 Å². The van der Waals surface area contributed by atoms with Crippen molar-refractivity contribution in [1.82, 2.24) is 10.5 Å². The van der Waals surface area contributed by atoms with Crippen LogP contribution in [0.4, 0.5) is 8.78 Å². The molecule has 0 unspecified atom stereocenters. The first-order chi connectivity index (χ1) is 9.54. The number of ether oxygens (including phenoxy) is 1. The molecule has 0 fully saturated rings. The standard InChI is InChI=1S/C14H16F2N2O2/c1-9(2)17-8-11-7-13(20-18-11)10-4-3-5-12(6-10)19-14(15)16/h3-7,9,14,17H,8H2,1-2H3. The predicted molar refractivity (Wildman–Crippen MR) is 70.5 cm³/mol. The molecule has 0 aliphatic heterocycles. The molecule has 6 heteroatoms. The summed E-state index contributed by atoms with van der Waals surface area (Å²) in [6.07, 6.45) is 0. The molecule has 0 aliphatic rings. The summed E-state index contributed by atoms with van der Waals surface area (Å²) in [7, 11) is 0. The highest BCUT2D eigenvalue weighted by molar-refractivity contribution is 5.59. The van der Waals surface area contributed by atoms with Crippen molar-refractivity contribution >= 4 is 0 Å². The lowest BCUT2D eigenvalue weighted by atomic mass is 10.1. The van der Waals surface area contributed by atoms with Crippen molar-refractivity contribution in [3.63, 3.8) is 0 Å². The number of hydrogen-bond acceptors (Lipinski definition) is 4. The summed E-state index contributed by atoms with van der Waals surface area (Å²) in [5.41, 5.74) is 1.40. The third kappa shape index (κ3) is 4.03. The molecule has 4 nitrogen and oxygen atoms in total. The molecule has 20 heavy (non-hydrogen) atoms. The highest BCUT2D eigenvalue weighted by atomic mass is 19.3. The molecule has 108 valence electrons. The molecule has 0 saturated carbocycles. The van der Waals surface area contributed by atoms with Gasteiger partial charge in [0.15, 0.2) is 5.76 Å². The van der Waals surface area contributed by atoms with E-state index in [1.807, 2.05) is 13.8 Å². The van der Waals surface area contributed by atoms with Gasteiger partial charge in [-0.05, 0) is 12.1 Å². The Morgan fingerprint density at radius 3 is 2.80 bits per heavy atom. The first-order valence-corrected chi connectivity index (χ1v) is 6.29. The van der Waals surface area contributed by atoms with Gasteiger partial charge in [-0.1, -0.05) is 31.1 Å². The lowest BCUT2D eigenvalue weighted by Gasteiger charge is -2.05. The highest BCUT2D eigenvalue weighted by Crippen LogP contribution is 2.25. The summed E-state index contributed by atoms with van der Waals surface area (Å²) in [6.45, 7) is 1.82. The lowest BCUT2D eigenvalue weighted by molar-refractivity contribution is -0.0498. The number of rotatable bonds is 6. The number of nitrogens with zero attached hydrogens (tertiary/aromatic N) is 1. The minimum Gasteiger partial charge on any atom is -0.435 e. The molecule has 0 bridgehead atoms. The molecule has 0 saturated heterocycles. The fraction of sp³-hybridized carbons (Fsp3) is 0.357. The molecule has 1 heterocycles. The van der Waals surface area contributed by atoms with Crippen LogP contribution in [0.1, 0.15) is 19.5 Å². The SMILES string of the molecule is CC(C)NCc1cc(-c2cccc(OC(F)F)c2)on1. The minimum absolute atomic E-state index is 0.0933. The van der Waals surface area contributed by atoms with Crippen LogP contribution in [0.5, 0.6) is 5.75 Å². The van der Waals surface area contributed by atoms with E-state index in [1.54, 1.807) is 18.2 Å². The number of aromatic nitrogens is 1. The Kier molecular flexibility index (Phi) is 4.68. The van der Waals surface area contributed by atoms with E-state index in [1.165, 1.54) is 12.1 Å². The molecule has 0 spiro atoms. The molecule has 0 amide bonds. The number of halogens is 2. The number of benzene rings is 1. The van der Waals surface area contributed by atoms with Crippen molar-refractivity contribution < 1.29 is 18.0 Å². The third-order valence-corrected chi connectivity index (χ3v) is 2.59. The van der Waals surface area contributed by atoms with Gasteiger partial charge >= 0.3 is 6.61 Å². The molecular formula is C14H16F2N2O2. The van der Waals surface area contributed by atoms with Crippen molar-refractivity contribution in [2.45, 2.75) is 33.0 Å². The second-order valence-corrected chi connectivity index (χ2v) is 4.62. The quantitative estimate of drug-likeness (QED) is 0.881. The minimum atomic E-state index is -2.84. The predicted octanol–water partition coefficient (Wildman–Crippen LogP) is 3.44. The average molecular weight is 282 g/mol. The van der Waals surface area contributed by atoms with Gasteiger partial charge in [0.05, 0.1) is 5.69 Å². The van der Waals surface area contributed by atoms with Gasteiger partial charge in [0, 0.05) is 24.2 Å². The van der Waals surface area contributed by atoms with Crippen molar-refractivity contribution in [3.8, 4) is 17.1 Å². The van der Waals surface area contributed by atoms with Crippen LogP contribution in [0, 0.1) is 0 Å². The van der Waals surface area contributed by atoms with Gasteiger partial charge in [-0.3, -0.25) is 0 Å². The largest absolute Gasteiger partial charge is 0.435 e. The van der Waals surface area contributed by atoms with E-state index in [-0.39, 0.29) is 5.75 Å². The smallest absolute Gasteiger partial charge is 0.387 e. The number of nitrogens with one attached hydrogen (secondary N) is 1. The molecule has 1 aromatic heterocycles. The second kappa shape index (κ2) is 6.47. The first kappa shape index (κ1) is 14.5. The monoisotopic (exact) mass is 282 g/mol. The van der Waals surface area contributed by atoms with Gasteiger partial charge < -0.3 is 14.6 Å². The normalized spacial score (nSPS) is 11.3. The second-order valence-electron chi connectivity index (χ2n) is 4.62. The van der Waals surface area contributed by atoms with Crippen molar-refractivity contribution in [2.24, 2.45) is 0 Å². The van der Waals surface area contributed by atoms with Gasteiger partial charge in [0.1, 0.15) is 5.75 Å². The third-order valence-electron chi connectivity index (χ3n) is 2.59. The summed E-state index contributed by atoms with van der Waals surface area (Å²) in [5, 5.41) is 7.15. The maximum Gasteiger partial charge on any atom is 0.387 e. The molecule has 1 aromatic carbocycles. The Hall–Kier alpha value is -1.95. The topological polar surface area (TPSA) is 47.3 Å². The molecule has 0 atom stereocenters. The molecule has 1 N–H and O–H groups in total. The van der Waals surface area contributed by atoms with Crippen molar-refractivity contribution in [1.29, 1.82) is 0 Å². The Morgan fingerprint density at radius 1 is 1.30 bits per heavy atom. The zero-order valence-electron chi connectivity index (χ0n) is 11.3. The fourth-order valence-electron chi connectivity index (χ4n) is 1.67. The molecule has 2 aromatic rings. The van der Waals surface area contributed by atoms with E-state index in [0.29, 0.717) is 23.9 Å². The number of alkyl halides is 2. The van der Waals surface area contributed by atoms with Gasteiger partial charge in [-0.25, -0.2) is 0 Å². The zero-order chi connectivity index (χ0) is 14.5. The van der Waals surface area contributed by atoms with E-state index in [4.69, 9.17) is 4.52 Å². The van der Waals surface area contributed by atoms with Crippen LogP contribution in [0.15, 0.2) is 34.9 Å². The van der Waals surface area contributed by atoms with Crippen LogP contribution in [0.25, 0.3) is 11.3 Å². The Morgan fingerprint density at radius 2 is 2.10 bits per heavy atom. The van der Waals surface area contributed by atoms with Crippen LogP contribution in [-0.4, -0.2) is 17.8 Å². The molecule has 0 radical (unpaired) electrons. The maximum absolute atomic E-state index is 12.2.